The fourth-order valence-electron chi connectivity index (χ4n) is 1.62. The lowest BCUT2D eigenvalue weighted by Crippen LogP contribution is -1.97. The van der Waals surface area contributed by atoms with Crippen molar-refractivity contribution < 1.29 is 19.1 Å². The Balaban J connectivity index is 1.75. The van der Waals surface area contributed by atoms with Gasteiger partial charge in [0.1, 0.15) is 5.75 Å². The highest BCUT2D eigenvalue weighted by molar-refractivity contribution is 7.94. The van der Waals surface area contributed by atoms with E-state index < -0.39 is 0 Å². The smallest absolute Gasteiger partial charge is 0.118 e. The van der Waals surface area contributed by atoms with Crippen molar-refractivity contribution in [3.63, 3.8) is 0 Å². The lowest BCUT2D eigenvalue weighted by molar-refractivity contribution is -0.461. The normalized spacial score (nSPS) is 11.3. The van der Waals surface area contributed by atoms with Crippen molar-refractivity contribution in [2.75, 3.05) is 7.11 Å². The van der Waals surface area contributed by atoms with Crippen molar-refractivity contribution in [2.24, 2.45) is 5.16 Å². The summed E-state index contributed by atoms with van der Waals surface area (Å²) in [7, 11) is 1.62. The number of methoxy groups -OCH3 is 1. The van der Waals surface area contributed by atoms with Crippen LogP contribution in [-0.2, 0) is 14.4 Å². The number of hydrogen-bond donors (Lipinski definition) is 0. The van der Waals surface area contributed by atoms with Crippen LogP contribution in [0.5, 0.6) is 5.75 Å². The number of ether oxygens (including phenoxy) is 1. The van der Waals surface area contributed by atoms with Gasteiger partial charge in [-0.25, -0.2) is 0 Å². The average Bonchev–Trinajstić information content (AvgIpc) is 2.56. The molecule has 0 aliphatic carbocycles. The SMILES string of the molecule is COc1ccc(/C(C)=N/OOOSc2ccc(C)cc2)cc1. The Labute approximate surface area is 133 Å². The second-order valence-electron chi connectivity index (χ2n) is 4.51. The van der Waals surface area contributed by atoms with E-state index in [0.717, 1.165) is 28.3 Å². The molecule has 0 saturated carbocycles. The summed E-state index contributed by atoms with van der Waals surface area (Å²) in [5, 5.41) is 8.37. The van der Waals surface area contributed by atoms with Crippen molar-refractivity contribution in [1.29, 1.82) is 0 Å². The van der Waals surface area contributed by atoms with E-state index in [9.17, 15) is 0 Å². The molecule has 2 rings (SSSR count). The van der Waals surface area contributed by atoms with Crippen molar-refractivity contribution in [1.82, 2.24) is 0 Å². The molecule has 0 aromatic heterocycles. The topological polar surface area (TPSA) is 49.3 Å². The molecule has 0 spiro atoms. The molecule has 116 valence electrons. The van der Waals surface area contributed by atoms with Gasteiger partial charge in [-0.2, -0.15) is 4.99 Å². The molecule has 0 aliphatic heterocycles. The summed E-state index contributed by atoms with van der Waals surface area (Å²) in [6.45, 7) is 3.82. The molecule has 0 aliphatic rings. The van der Waals surface area contributed by atoms with E-state index in [4.69, 9.17) is 9.07 Å². The molecule has 0 saturated heterocycles. The Morgan fingerprint density at radius 3 is 2.32 bits per heavy atom. The zero-order valence-electron chi connectivity index (χ0n) is 12.6. The third-order valence-corrected chi connectivity index (χ3v) is 3.48. The van der Waals surface area contributed by atoms with Crippen LogP contribution in [0.15, 0.2) is 58.6 Å². The minimum absolute atomic E-state index is 0.659. The average molecular weight is 319 g/mol. The van der Waals surface area contributed by atoms with E-state index in [1.54, 1.807) is 14.0 Å². The van der Waals surface area contributed by atoms with Crippen molar-refractivity contribution >= 4 is 17.8 Å². The highest BCUT2D eigenvalue weighted by Gasteiger charge is 2.00. The van der Waals surface area contributed by atoms with E-state index in [1.165, 1.54) is 5.56 Å². The molecule has 0 bridgehead atoms. The van der Waals surface area contributed by atoms with Crippen molar-refractivity contribution in [3.8, 4) is 5.75 Å². The second kappa shape index (κ2) is 8.43. The van der Waals surface area contributed by atoms with Gasteiger partial charge < -0.3 is 4.74 Å². The Morgan fingerprint density at radius 2 is 1.68 bits per heavy atom. The standard InChI is InChI=1S/C16H17NO4S/c1-12-4-10-16(11-5-12)22-21-20-19-17-13(2)14-6-8-15(18-3)9-7-14/h4-11H,1-3H3/b17-13+. The Kier molecular flexibility index (Phi) is 6.27. The van der Waals surface area contributed by atoms with E-state index in [-0.39, 0.29) is 0 Å². The van der Waals surface area contributed by atoms with Crippen LogP contribution in [0.1, 0.15) is 18.1 Å². The summed E-state index contributed by atoms with van der Waals surface area (Å²) < 4.78 is 9.94. The second-order valence-corrected chi connectivity index (χ2v) is 5.29. The van der Waals surface area contributed by atoms with Gasteiger partial charge >= 0.3 is 0 Å². The zero-order valence-corrected chi connectivity index (χ0v) is 13.4. The van der Waals surface area contributed by atoms with Crippen molar-refractivity contribution in [3.05, 3.63) is 59.7 Å². The van der Waals surface area contributed by atoms with Crippen LogP contribution in [0, 0.1) is 6.92 Å². The van der Waals surface area contributed by atoms with Crippen LogP contribution < -0.4 is 4.74 Å². The third kappa shape index (κ3) is 5.07. The predicted molar refractivity (Wildman–Crippen MR) is 85.5 cm³/mol. The first-order chi connectivity index (χ1) is 10.7. The van der Waals surface area contributed by atoms with Crippen LogP contribution in [-0.4, -0.2) is 12.8 Å². The maximum atomic E-state index is 5.09. The van der Waals surface area contributed by atoms with Crippen molar-refractivity contribution in [2.45, 2.75) is 18.7 Å². The molecule has 2 aromatic rings. The number of hydrogen-bond acceptors (Lipinski definition) is 6. The van der Waals surface area contributed by atoms with E-state index in [1.807, 2.05) is 55.5 Å². The van der Waals surface area contributed by atoms with Gasteiger partial charge in [0, 0.05) is 9.93 Å². The zero-order chi connectivity index (χ0) is 15.8. The lowest BCUT2D eigenvalue weighted by atomic mass is 10.1. The van der Waals surface area contributed by atoms with E-state index in [0.29, 0.717) is 5.71 Å². The number of oxime groups is 1. The summed E-state index contributed by atoms with van der Waals surface area (Å²) in [6, 6.07) is 15.3. The number of aryl methyl sites for hydroxylation is 1. The third-order valence-electron chi connectivity index (χ3n) is 2.89. The van der Waals surface area contributed by atoms with E-state index >= 15 is 0 Å². The predicted octanol–water partition coefficient (Wildman–Crippen LogP) is 4.31. The minimum Gasteiger partial charge on any atom is -0.497 e. The fraction of sp³-hybridized carbons (Fsp3) is 0.188. The molecule has 0 amide bonds. The van der Waals surface area contributed by atoms with Gasteiger partial charge in [0.15, 0.2) is 0 Å². The first-order valence-electron chi connectivity index (χ1n) is 6.62. The summed E-state index contributed by atoms with van der Waals surface area (Å²) in [5.74, 6) is 0.784. The molecule has 0 heterocycles. The maximum Gasteiger partial charge on any atom is 0.118 e. The molecule has 22 heavy (non-hydrogen) atoms. The summed E-state index contributed by atoms with van der Waals surface area (Å²) >= 11 is 1.05. The van der Waals surface area contributed by atoms with Crippen LogP contribution in [0.25, 0.3) is 0 Å². The van der Waals surface area contributed by atoms with Gasteiger partial charge in [-0.05, 0) is 61.0 Å². The minimum atomic E-state index is 0.659. The van der Waals surface area contributed by atoms with Crippen LogP contribution in [0.2, 0.25) is 0 Å². The molecule has 0 radical (unpaired) electrons. The van der Waals surface area contributed by atoms with Crippen LogP contribution >= 0.6 is 12.0 Å². The van der Waals surface area contributed by atoms with E-state index in [2.05, 4.69) is 15.2 Å². The molecule has 2 aromatic carbocycles. The Morgan fingerprint density at radius 1 is 1.00 bits per heavy atom. The first kappa shape index (κ1) is 16.4. The fourth-order valence-corrected chi connectivity index (χ4v) is 1.99. The molecule has 5 nitrogen and oxygen atoms in total. The molecule has 6 heteroatoms. The van der Waals surface area contributed by atoms with Gasteiger partial charge in [-0.3, -0.25) is 0 Å². The molecular formula is C16H17NO4S. The van der Waals surface area contributed by atoms with Crippen LogP contribution in [0.3, 0.4) is 0 Å². The molecule has 0 unspecified atom stereocenters. The van der Waals surface area contributed by atoms with Gasteiger partial charge in [0.05, 0.1) is 24.9 Å². The van der Waals surface area contributed by atoms with Gasteiger partial charge in [0.2, 0.25) is 0 Å². The highest BCUT2D eigenvalue weighted by atomic mass is 32.2. The molecular weight excluding hydrogens is 302 g/mol. The molecule has 0 fully saturated rings. The summed E-state index contributed by atoms with van der Waals surface area (Å²) in [4.78, 5) is 5.57. The number of benzene rings is 2. The highest BCUT2D eigenvalue weighted by Crippen LogP contribution is 2.19. The lowest BCUT2D eigenvalue weighted by Gasteiger charge is -2.02. The molecule has 0 atom stereocenters. The number of nitrogens with zero attached hydrogens (tertiary/aromatic N) is 1. The van der Waals surface area contributed by atoms with Gasteiger partial charge in [0.25, 0.3) is 0 Å². The Bertz CT molecular complexity index is 611. The monoisotopic (exact) mass is 319 g/mol. The largest absolute Gasteiger partial charge is 0.497 e. The van der Waals surface area contributed by atoms with Crippen LogP contribution in [0.4, 0.5) is 0 Å². The summed E-state index contributed by atoms with van der Waals surface area (Å²) in [5.41, 5.74) is 2.74. The number of rotatable bonds is 7. The summed E-state index contributed by atoms with van der Waals surface area (Å²) in [6.07, 6.45) is 0. The molecule has 0 N–H and O–H groups in total. The quantitative estimate of drug-likeness (QED) is 0.250. The maximum absolute atomic E-state index is 5.09. The van der Waals surface area contributed by atoms with Gasteiger partial charge in [-0.1, -0.05) is 17.7 Å². The van der Waals surface area contributed by atoms with Gasteiger partial charge in [-0.15, -0.1) is 4.33 Å². The first-order valence-corrected chi connectivity index (χ1v) is 7.36. The Hall–Kier alpha value is -2.02.